The Morgan fingerprint density at radius 3 is 2.84 bits per heavy atom. The molecule has 4 heteroatoms. The molecule has 1 saturated heterocycles. The molecule has 0 radical (unpaired) electrons. The van der Waals surface area contributed by atoms with Gasteiger partial charge in [0.05, 0.1) is 19.4 Å². The summed E-state index contributed by atoms with van der Waals surface area (Å²) in [5, 5.41) is 3.30. The molecule has 0 aromatic heterocycles. The molecule has 1 heterocycles. The fourth-order valence-corrected chi connectivity index (χ4v) is 2.88. The Hall–Kier alpha value is -1.26. The van der Waals surface area contributed by atoms with E-state index in [9.17, 15) is 0 Å². The van der Waals surface area contributed by atoms with Gasteiger partial charge in [0.2, 0.25) is 0 Å². The predicted octanol–water partition coefficient (Wildman–Crippen LogP) is 1.76. The molecular weight excluding hydrogens is 240 g/mol. The minimum atomic E-state index is 0.199. The number of benzene rings is 1. The highest BCUT2D eigenvalue weighted by atomic mass is 16.5. The van der Waals surface area contributed by atoms with Crippen LogP contribution in [0.2, 0.25) is 0 Å². The molecule has 1 unspecified atom stereocenters. The molecule has 4 nitrogen and oxygen atoms in total. The van der Waals surface area contributed by atoms with Gasteiger partial charge in [0.25, 0.3) is 0 Å². The Morgan fingerprint density at radius 1 is 1.42 bits per heavy atom. The van der Waals surface area contributed by atoms with Crippen molar-refractivity contribution in [2.45, 2.75) is 6.42 Å². The van der Waals surface area contributed by atoms with Crippen molar-refractivity contribution in [2.24, 2.45) is 5.41 Å². The fraction of sp³-hybridized carbons (Fsp3) is 0.600. The molecule has 1 N–H and O–H groups in total. The molecule has 0 saturated carbocycles. The number of nitrogens with zero attached hydrogens (tertiary/aromatic N) is 1. The topological polar surface area (TPSA) is 33.7 Å². The van der Waals surface area contributed by atoms with Crippen LogP contribution >= 0.6 is 0 Å². The van der Waals surface area contributed by atoms with Crippen LogP contribution in [0.5, 0.6) is 5.75 Å². The smallest absolute Gasteiger partial charge is 0.142 e. The lowest BCUT2D eigenvalue weighted by Crippen LogP contribution is -2.43. The van der Waals surface area contributed by atoms with Crippen LogP contribution < -0.4 is 15.0 Å². The fourth-order valence-electron chi connectivity index (χ4n) is 2.88. The molecular formula is C15H24N2O2. The van der Waals surface area contributed by atoms with Crippen LogP contribution in [0.4, 0.5) is 5.69 Å². The summed E-state index contributed by atoms with van der Waals surface area (Å²) in [4.78, 5) is 2.27. The van der Waals surface area contributed by atoms with Gasteiger partial charge >= 0.3 is 0 Å². The zero-order valence-corrected chi connectivity index (χ0v) is 12.1. The van der Waals surface area contributed by atoms with Crippen LogP contribution in [0.1, 0.15) is 6.42 Å². The van der Waals surface area contributed by atoms with Gasteiger partial charge in [-0.25, -0.2) is 0 Å². The molecule has 1 aliphatic heterocycles. The molecule has 1 aromatic rings. The van der Waals surface area contributed by atoms with Crippen molar-refractivity contribution in [3.63, 3.8) is 0 Å². The number of ether oxygens (including phenoxy) is 2. The maximum atomic E-state index is 5.61. The van der Waals surface area contributed by atoms with E-state index in [1.165, 1.54) is 0 Å². The second-order valence-corrected chi connectivity index (χ2v) is 5.36. The Kier molecular flexibility index (Phi) is 4.66. The normalized spacial score (nSPS) is 22.5. The van der Waals surface area contributed by atoms with Crippen LogP contribution in [-0.2, 0) is 4.74 Å². The van der Waals surface area contributed by atoms with Gasteiger partial charge in [-0.2, -0.15) is 0 Å². The summed E-state index contributed by atoms with van der Waals surface area (Å²) in [7, 11) is 5.84. The van der Waals surface area contributed by atoms with Gasteiger partial charge in [-0.1, -0.05) is 12.1 Å². The van der Waals surface area contributed by atoms with Gasteiger partial charge < -0.3 is 19.7 Å². The summed E-state index contributed by atoms with van der Waals surface area (Å²) in [5.74, 6) is 0.920. The standard InChI is InChI=1S/C15H24N2O2/c1-16-10-15(8-9-19-12-15)11-17(2)13-6-4-5-7-14(13)18-3/h4-7,16H,8-12H2,1-3H3. The first kappa shape index (κ1) is 14.2. The minimum Gasteiger partial charge on any atom is -0.495 e. The van der Waals surface area contributed by atoms with Gasteiger partial charge in [0.15, 0.2) is 0 Å². The largest absolute Gasteiger partial charge is 0.495 e. The lowest BCUT2D eigenvalue weighted by molar-refractivity contribution is 0.153. The van der Waals surface area contributed by atoms with Crippen molar-refractivity contribution < 1.29 is 9.47 Å². The predicted molar refractivity (Wildman–Crippen MR) is 78.1 cm³/mol. The second kappa shape index (κ2) is 6.26. The number of nitrogens with one attached hydrogen (secondary N) is 1. The van der Waals surface area contributed by atoms with Crippen molar-refractivity contribution in [1.82, 2.24) is 5.32 Å². The number of anilines is 1. The molecule has 1 aromatic carbocycles. The quantitative estimate of drug-likeness (QED) is 0.849. The zero-order valence-electron chi connectivity index (χ0n) is 12.1. The highest BCUT2D eigenvalue weighted by molar-refractivity contribution is 5.58. The van der Waals surface area contributed by atoms with Crippen molar-refractivity contribution in [1.29, 1.82) is 0 Å². The third-order valence-corrected chi connectivity index (χ3v) is 3.81. The molecule has 1 fully saturated rings. The molecule has 1 aliphatic rings. The summed E-state index contributed by atoms with van der Waals surface area (Å²) in [6.45, 7) is 3.63. The SMILES string of the molecule is CNCC1(CN(C)c2ccccc2OC)CCOC1. The van der Waals surface area contributed by atoms with E-state index in [-0.39, 0.29) is 5.41 Å². The molecule has 1 atom stereocenters. The number of para-hydroxylation sites is 2. The molecule has 0 aliphatic carbocycles. The number of rotatable bonds is 6. The van der Waals surface area contributed by atoms with Crippen LogP contribution in [0.3, 0.4) is 0 Å². The van der Waals surface area contributed by atoms with E-state index >= 15 is 0 Å². The van der Waals surface area contributed by atoms with Crippen LogP contribution in [-0.4, -0.2) is 47.5 Å². The first-order valence-electron chi connectivity index (χ1n) is 6.77. The minimum absolute atomic E-state index is 0.199. The molecule has 106 valence electrons. The van der Waals surface area contributed by atoms with Crippen LogP contribution in [0.15, 0.2) is 24.3 Å². The van der Waals surface area contributed by atoms with E-state index < -0.39 is 0 Å². The van der Waals surface area contributed by atoms with Gasteiger partial charge in [-0.3, -0.25) is 0 Å². The zero-order chi connectivity index (χ0) is 13.7. The van der Waals surface area contributed by atoms with Gasteiger partial charge in [0, 0.05) is 32.2 Å². The third-order valence-electron chi connectivity index (χ3n) is 3.81. The first-order chi connectivity index (χ1) is 9.21. The van der Waals surface area contributed by atoms with E-state index in [0.29, 0.717) is 0 Å². The summed E-state index contributed by atoms with van der Waals surface area (Å²) >= 11 is 0. The van der Waals surface area contributed by atoms with E-state index in [0.717, 1.165) is 44.2 Å². The summed E-state index contributed by atoms with van der Waals surface area (Å²) in [6.07, 6.45) is 1.10. The van der Waals surface area contributed by atoms with Crippen molar-refractivity contribution in [3.05, 3.63) is 24.3 Å². The molecule has 0 amide bonds. The monoisotopic (exact) mass is 264 g/mol. The first-order valence-corrected chi connectivity index (χ1v) is 6.77. The summed E-state index contributed by atoms with van der Waals surface area (Å²) in [5.41, 5.74) is 1.33. The van der Waals surface area contributed by atoms with E-state index in [4.69, 9.17) is 9.47 Å². The third kappa shape index (κ3) is 3.19. The van der Waals surface area contributed by atoms with Gasteiger partial charge in [0.1, 0.15) is 5.75 Å². The van der Waals surface area contributed by atoms with E-state index in [1.54, 1.807) is 7.11 Å². The molecule has 0 bridgehead atoms. The maximum absolute atomic E-state index is 5.61. The Labute approximate surface area is 115 Å². The molecule has 19 heavy (non-hydrogen) atoms. The summed E-state index contributed by atoms with van der Waals surface area (Å²) < 4.78 is 11.0. The maximum Gasteiger partial charge on any atom is 0.142 e. The average molecular weight is 264 g/mol. The summed E-state index contributed by atoms with van der Waals surface area (Å²) in [6, 6.07) is 8.14. The Balaban J connectivity index is 2.12. The Morgan fingerprint density at radius 2 is 2.21 bits per heavy atom. The lowest BCUT2D eigenvalue weighted by atomic mass is 9.86. The Bertz CT molecular complexity index is 403. The van der Waals surface area contributed by atoms with Crippen molar-refractivity contribution in [3.8, 4) is 5.75 Å². The van der Waals surface area contributed by atoms with E-state index in [2.05, 4.69) is 23.3 Å². The van der Waals surface area contributed by atoms with Gasteiger partial charge in [-0.15, -0.1) is 0 Å². The molecule has 2 rings (SSSR count). The van der Waals surface area contributed by atoms with Crippen LogP contribution in [0.25, 0.3) is 0 Å². The highest BCUT2D eigenvalue weighted by Gasteiger charge is 2.35. The average Bonchev–Trinajstić information content (AvgIpc) is 2.87. The highest BCUT2D eigenvalue weighted by Crippen LogP contribution is 2.33. The molecule has 0 spiro atoms. The lowest BCUT2D eigenvalue weighted by Gasteiger charge is -2.33. The van der Waals surface area contributed by atoms with Crippen molar-refractivity contribution in [2.75, 3.05) is 52.4 Å². The number of methoxy groups -OCH3 is 1. The number of hydrogen-bond donors (Lipinski definition) is 1. The van der Waals surface area contributed by atoms with Crippen LogP contribution in [0, 0.1) is 5.41 Å². The van der Waals surface area contributed by atoms with E-state index in [1.807, 2.05) is 25.2 Å². The number of hydrogen-bond acceptors (Lipinski definition) is 4. The van der Waals surface area contributed by atoms with Crippen molar-refractivity contribution >= 4 is 5.69 Å². The second-order valence-electron chi connectivity index (χ2n) is 5.36. The van der Waals surface area contributed by atoms with Gasteiger partial charge in [-0.05, 0) is 25.6 Å².